The largest absolute Gasteiger partial charge is 0.488 e. The molecule has 0 aromatic heterocycles. The number of ether oxygens (including phenoxy) is 1. The molecule has 4 aromatic carbocycles. The molecule has 1 N–H and O–H groups in total. The molecule has 0 fully saturated rings. The summed E-state index contributed by atoms with van der Waals surface area (Å²) in [6, 6.07) is 23.3. The highest BCUT2D eigenvalue weighted by atomic mass is 35.5. The molecule has 0 saturated carbocycles. The molecule has 0 aliphatic heterocycles. The molecule has 0 saturated heterocycles. The number of rotatable bonds is 6. The second-order valence-corrected chi connectivity index (χ2v) is 9.12. The average molecular weight is 542 g/mol. The topological polar surface area (TPSA) is 62.1 Å². The van der Waals surface area contributed by atoms with Crippen LogP contribution in [0.5, 0.6) is 5.75 Å². The lowest BCUT2D eigenvalue weighted by Crippen LogP contribution is -2.13. The van der Waals surface area contributed by atoms with Gasteiger partial charge in [0.1, 0.15) is 24.0 Å². The molecule has 0 aliphatic rings. The van der Waals surface area contributed by atoms with Crippen molar-refractivity contribution < 1.29 is 9.53 Å². The van der Waals surface area contributed by atoms with Crippen molar-refractivity contribution in [3.05, 3.63) is 110 Å². The third kappa shape index (κ3) is 5.90. The predicted octanol–water partition coefficient (Wildman–Crippen LogP) is 8.58. The number of carbonyl (C=O) groups is 1. The second kappa shape index (κ2) is 11.0. The summed E-state index contributed by atoms with van der Waals surface area (Å²) in [6.45, 7) is 0.216. The summed E-state index contributed by atoms with van der Waals surface area (Å²) in [5.74, 6) is -0.0842. The quantitative estimate of drug-likeness (QED) is 0.196. The highest BCUT2D eigenvalue weighted by Crippen LogP contribution is 2.32. The van der Waals surface area contributed by atoms with Crippen LogP contribution in [0, 0.1) is 11.3 Å². The van der Waals surface area contributed by atoms with Crippen LogP contribution >= 0.6 is 46.4 Å². The minimum atomic E-state index is -0.589. The fourth-order valence-electron chi connectivity index (χ4n) is 3.41. The summed E-state index contributed by atoms with van der Waals surface area (Å²) in [7, 11) is 0. The Morgan fingerprint density at radius 1 is 0.886 bits per heavy atom. The first kappa shape index (κ1) is 24.9. The van der Waals surface area contributed by atoms with Crippen molar-refractivity contribution in [2.24, 2.45) is 0 Å². The van der Waals surface area contributed by atoms with Crippen LogP contribution in [0.25, 0.3) is 16.8 Å². The molecule has 35 heavy (non-hydrogen) atoms. The Morgan fingerprint density at radius 2 is 1.60 bits per heavy atom. The number of benzene rings is 4. The number of amides is 1. The van der Waals surface area contributed by atoms with E-state index in [0.717, 1.165) is 16.3 Å². The van der Waals surface area contributed by atoms with Crippen molar-refractivity contribution in [2.45, 2.75) is 6.61 Å². The highest BCUT2D eigenvalue weighted by Gasteiger charge is 2.15. The van der Waals surface area contributed by atoms with E-state index in [1.807, 2.05) is 42.5 Å². The number of fused-ring (bicyclic) bond motifs is 1. The van der Waals surface area contributed by atoms with Crippen molar-refractivity contribution >= 4 is 74.8 Å². The summed E-state index contributed by atoms with van der Waals surface area (Å²) < 4.78 is 6.08. The van der Waals surface area contributed by atoms with Gasteiger partial charge in [-0.1, -0.05) is 82.8 Å². The Balaban J connectivity index is 1.69. The molecule has 0 atom stereocenters. The summed E-state index contributed by atoms with van der Waals surface area (Å²) in [4.78, 5) is 12.9. The van der Waals surface area contributed by atoms with Gasteiger partial charge in [0.25, 0.3) is 5.91 Å². The zero-order valence-electron chi connectivity index (χ0n) is 18.0. The number of nitrogens with zero attached hydrogens (tertiary/aromatic N) is 1. The molecule has 0 heterocycles. The van der Waals surface area contributed by atoms with E-state index in [-0.39, 0.29) is 12.2 Å². The fraction of sp³-hybridized carbons (Fsp3) is 0.0370. The van der Waals surface area contributed by atoms with Gasteiger partial charge in [0.05, 0.1) is 20.1 Å². The first-order chi connectivity index (χ1) is 16.9. The number of halogens is 4. The number of carbonyl (C=O) groups excluding carboxylic acids is 1. The van der Waals surface area contributed by atoms with Crippen molar-refractivity contribution in [2.75, 3.05) is 5.32 Å². The summed E-state index contributed by atoms with van der Waals surface area (Å²) in [6.07, 6.45) is 1.51. The molecule has 0 spiro atoms. The minimum absolute atomic E-state index is 0.105. The van der Waals surface area contributed by atoms with E-state index in [1.54, 1.807) is 30.3 Å². The van der Waals surface area contributed by atoms with Crippen LogP contribution in [-0.2, 0) is 11.4 Å². The predicted molar refractivity (Wildman–Crippen MR) is 143 cm³/mol. The van der Waals surface area contributed by atoms with Gasteiger partial charge in [-0.2, -0.15) is 5.26 Å². The number of anilines is 1. The highest BCUT2D eigenvalue weighted by molar-refractivity contribution is 6.42. The van der Waals surface area contributed by atoms with E-state index in [0.29, 0.717) is 37.1 Å². The molecule has 4 nitrogen and oxygen atoms in total. The minimum Gasteiger partial charge on any atom is -0.488 e. The molecule has 174 valence electrons. The molecule has 0 aliphatic carbocycles. The van der Waals surface area contributed by atoms with E-state index in [9.17, 15) is 10.1 Å². The maximum absolute atomic E-state index is 12.9. The van der Waals surface area contributed by atoms with Crippen molar-refractivity contribution in [1.82, 2.24) is 0 Å². The van der Waals surface area contributed by atoms with Gasteiger partial charge in [-0.3, -0.25) is 4.79 Å². The van der Waals surface area contributed by atoms with Crippen LogP contribution in [-0.4, -0.2) is 5.91 Å². The Bertz CT molecular complexity index is 1510. The van der Waals surface area contributed by atoms with Crippen LogP contribution in [0.4, 0.5) is 5.69 Å². The first-order valence-electron chi connectivity index (χ1n) is 10.3. The second-order valence-electron chi connectivity index (χ2n) is 7.49. The van der Waals surface area contributed by atoms with Crippen molar-refractivity contribution in [3.63, 3.8) is 0 Å². The van der Waals surface area contributed by atoms with Gasteiger partial charge < -0.3 is 10.1 Å². The Morgan fingerprint density at radius 3 is 2.31 bits per heavy atom. The fourth-order valence-corrected chi connectivity index (χ4v) is 4.02. The maximum atomic E-state index is 12.9. The first-order valence-corrected chi connectivity index (χ1v) is 11.8. The molecular weight excluding hydrogens is 526 g/mol. The van der Waals surface area contributed by atoms with E-state index >= 15 is 0 Å². The van der Waals surface area contributed by atoms with Gasteiger partial charge in [0.2, 0.25) is 0 Å². The third-order valence-electron chi connectivity index (χ3n) is 5.14. The van der Waals surface area contributed by atoms with Crippen LogP contribution in [0.1, 0.15) is 11.1 Å². The lowest BCUT2D eigenvalue weighted by Gasteiger charge is -2.13. The molecule has 4 aromatic rings. The summed E-state index contributed by atoms with van der Waals surface area (Å²) in [5, 5.41) is 15.7. The van der Waals surface area contributed by atoms with Crippen molar-refractivity contribution in [3.8, 4) is 11.8 Å². The zero-order chi connectivity index (χ0) is 24.9. The zero-order valence-corrected chi connectivity index (χ0v) is 21.0. The van der Waals surface area contributed by atoms with Gasteiger partial charge in [-0.25, -0.2) is 0 Å². The number of nitriles is 1. The lowest BCUT2D eigenvalue weighted by atomic mass is 10.0. The van der Waals surface area contributed by atoms with E-state index in [1.165, 1.54) is 12.1 Å². The smallest absolute Gasteiger partial charge is 0.266 e. The van der Waals surface area contributed by atoms with Gasteiger partial charge in [0.15, 0.2) is 0 Å². The Kier molecular flexibility index (Phi) is 7.85. The summed E-state index contributed by atoms with van der Waals surface area (Å²) in [5.41, 5.74) is 1.73. The van der Waals surface area contributed by atoms with Crippen LogP contribution in [0.15, 0.2) is 78.4 Å². The number of nitrogens with one attached hydrogen (secondary N) is 1. The van der Waals surface area contributed by atoms with Gasteiger partial charge >= 0.3 is 0 Å². The SMILES string of the molecule is N#C/C(=C\c1c(OCc2ccc(Cl)c(Cl)c2)ccc2ccccc12)C(=O)Nc1ccc(Cl)c(Cl)c1. The van der Waals surface area contributed by atoms with Crippen LogP contribution in [0.3, 0.4) is 0 Å². The maximum Gasteiger partial charge on any atom is 0.266 e. The lowest BCUT2D eigenvalue weighted by molar-refractivity contribution is -0.112. The van der Waals surface area contributed by atoms with E-state index < -0.39 is 5.91 Å². The Labute approximate surface area is 222 Å². The molecule has 8 heteroatoms. The molecule has 0 bridgehead atoms. The molecule has 0 unspecified atom stereocenters. The average Bonchev–Trinajstić information content (AvgIpc) is 2.85. The normalized spacial score (nSPS) is 11.2. The molecule has 4 rings (SSSR count). The van der Waals surface area contributed by atoms with Gasteiger partial charge in [-0.15, -0.1) is 0 Å². The van der Waals surface area contributed by atoms with Crippen molar-refractivity contribution in [1.29, 1.82) is 5.26 Å². The van der Waals surface area contributed by atoms with Gasteiger partial charge in [-0.05, 0) is 58.8 Å². The van der Waals surface area contributed by atoms with E-state index in [4.69, 9.17) is 51.1 Å². The van der Waals surface area contributed by atoms with Crippen LogP contribution < -0.4 is 10.1 Å². The molecular formula is C27H16Cl4N2O2. The monoisotopic (exact) mass is 540 g/mol. The number of hydrogen-bond acceptors (Lipinski definition) is 3. The van der Waals surface area contributed by atoms with Crippen LogP contribution in [0.2, 0.25) is 20.1 Å². The Hall–Kier alpha value is -3.20. The molecule has 1 amide bonds. The summed E-state index contributed by atoms with van der Waals surface area (Å²) >= 11 is 24.1. The standard InChI is InChI=1S/C27H16Cl4N2O2/c28-22-8-5-16(11-24(22)30)15-35-26-10-6-17-3-1-2-4-20(17)21(26)12-18(14-32)27(34)33-19-7-9-23(29)25(31)13-19/h1-13H,15H2,(H,33,34)/b18-12+. The molecule has 0 radical (unpaired) electrons. The number of hydrogen-bond donors (Lipinski definition) is 1. The van der Waals surface area contributed by atoms with E-state index in [2.05, 4.69) is 5.32 Å². The van der Waals surface area contributed by atoms with Gasteiger partial charge in [0, 0.05) is 11.3 Å². The third-order valence-corrected chi connectivity index (χ3v) is 6.62.